The van der Waals surface area contributed by atoms with Gasteiger partial charge in [-0.2, -0.15) is 39.5 Å². The van der Waals surface area contributed by atoms with Crippen molar-refractivity contribution >= 4 is 23.9 Å². The summed E-state index contributed by atoms with van der Waals surface area (Å²) in [5.74, 6) is -5.90. The molecule has 0 amide bonds. The third-order valence-corrected chi connectivity index (χ3v) is 5.28. The summed E-state index contributed by atoms with van der Waals surface area (Å²) in [7, 11) is 0. The minimum absolute atomic E-state index is 0.746. The van der Waals surface area contributed by atoms with Gasteiger partial charge in [0.25, 0.3) is 0 Å². The molecule has 2 atom stereocenters. The number of aliphatic carboxylic acids is 3. The third kappa shape index (κ3) is 13.0. The van der Waals surface area contributed by atoms with E-state index in [0.29, 0.717) is 0 Å². The second kappa shape index (κ2) is 15.1. The molecule has 4 heterocycles. The molecule has 0 spiro atoms. The molecule has 3 N–H and O–H groups in total. The van der Waals surface area contributed by atoms with Gasteiger partial charge in [-0.3, -0.25) is 9.88 Å². The van der Waals surface area contributed by atoms with Gasteiger partial charge in [0.2, 0.25) is 5.95 Å². The Hall–Kier alpha value is -4.23. The molecule has 2 aliphatic rings. The SMILES string of the molecule is O=C(O)C(F)(F)F.O=C(O)C(F)(F)F.O=C(O)C(F)(F)F.c1cnc(N2C[C@H]3CN(Cc4ccncc4)C[C@H]3C2)nc1. The summed E-state index contributed by atoms with van der Waals surface area (Å²) < 4.78 is 95.2. The number of carbonyl (C=O) groups is 3. The van der Waals surface area contributed by atoms with Crippen LogP contribution in [0.2, 0.25) is 0 Å². The van der Waals surface area contributed by atoms with Crippen LogP contribution in [0, 0.1) is 11.8 Å². The molecule has 0 radical (unpaired) electrons. The predicted octanol–water partition coefficient (Wildman–Crippen LogP) is 3.34. The van der Waals surface area contributed by atoms with E-state index in [1.165, 1.54) is 18.7 Å². The molecule has 20 heteroatoms. The minimum atomic E-state index is -5.08. The zero-order valence-electron chi connectivity index (χ0n) is 20.9. The molecule has 2 saturated heterocycles. The van der Waals surface area contributed by atoms with E-state index in [1.54, 1.807) is 0 Å². The first kappa shape index (κ1) is 35.8. The maximum absolute atomic E-state index is 10.6. The first-order chi connectivity index (χ1) is 19.2. The van der Waals surface area contributed by atoms with E-state index in [1.807, 2.05) is 30.9 Å². The fourth-order valence-corrected chi connectivity index (χ4v) is 3.58. The highest BCUT2D eigenvalue weighted by Crippen LogP contribution is 2.33. The van der Waals surface area contributed by atoms with Crippen LogP contribution in [0.4, 0.5) is 45.5 Å². The Balaban J connectivity index is 0.000000348. The Morgan fingerprint density at radius 1 is 0.690 bits per heavy atom. The summed E-state index contributed by atoms with van der Waals surface area (Å²) in [4.78, 5) is 44.4. The van der Waals surface area contributed by atoms with Gasteiger partial charge >= 0.3 is 36.4 Å². The number of hydrogen-bond donors (Lipinski definition) is 3. The first-order valence-electron chi connectivity index (χ1n) is 11.2. The Labute approximate surface area is 230 Å². The van der Waals surface area contributed by atoms with Crippen molar-refractivity contribution in [2.45, 2.75) is 25.1 Å². The lowest BCUT2D eigenvalue weighted by molar-refractivity contribution is -0.193. The van der Waals surface area contributed by atoms with Gasteiger partial charge in [0.15, 0.2) is 0 Å². The number of pyridine rings is 1. The van der Waals surface area contributed by atoms with E-state index in [2.05, 4.69) is 36.9 Å². The molecule has 0 unspecified atom stereocenters. The summed E-state index contributed by atoms with van der Waals surface area (Å²) >= 11 is 0. The Bertz CT molecular complexity index is 1080. The maximum Gasteiger partial charge on any atom is 0.490 e. The summed E-state index contributed by atoms with van der Waals surface area (Å²) in [6, 6.07) is 6.09. The molecular formula is C22H22F9N5O6. The molecule has 2 aliphatic heterocycles. The second-order valence-corrected chi connectivity index (χ2v) is 8.43. The van der Waals surface area contributed by atoms with Crippen LogP contribution in [0.1, 0.15) is 5.56 Å². The molecule has 2 aromatic rings. The van der Waals surface area contributed by atoms with E-state index in [-0.39, 0.29) is 0 Å². The molecule has 2 fully saturated rings. The summed E-state index contributed by atoms with van der Waals surface area (Å²) in [5, 5.41) is 21.4. The van der Waals surface area contributed by atoms with Crippen molar-refractivity contribution in [1.29, 1.82) is 0 Å². The van der Waals surface area contributed by atoms with Crippen molar-refractivity contribution in [3.05, 3.63) is 48.5 Å². The molecular weight excluding hydrogens is 601 g/mol. The van der Waals surface area contributed by atoms with Crippen molar-refractivity contribution in [2.24, 2.45) is 11.8 Å². The molecule has 0 aromatic carbocycles. The van der Waals surface area contributed by atoms with Crippen LogP contribution in [0.3, 0.4) is 0 Å². The largest absolute Gasteiger partial charge is 0.490 e. The van der Waals surface area contributed by atoms with Crippen LogP contribution in [0.25, 0.3) is 0 Å². The molecule has 11 nitrogen and oxygen atoms in total. The lowest BCUT2D eigenvalue weighted by atomic mass is 10.0. The van der Waals surface area contributed by atoms with Gasteiger partial charge in [-0.05, 0) is 35.6 Å². The average molecular weight is 623 g/mol. The number of nitrogens with zero attached hydrogens (tertiary/aromatic N) is 5. The van der Waals surface area contributed by atoms with Crippen molar-refractivity contribution in [2.75, 3.05) is 31.1 Å². The van der Waals surface area contributed by atoms with Gasteiger partial charge in [-0.15, -0.1) is 0 Å². The Morgan fingerprint density at radius 2 is 1.05 bits per heavy atom. The number of rotatable bonds is 3. The predicted molar refractivity (Wildman–Crippen MR) is 122 cm³/mol. The van der Waals surface area contributed by atoms with E-state index in [4.69, 9.17) is 29.7 Å². The van der Waals surface area contributed by atoms with E-state index < -0.39 is 36.4 Å². The van der Waals surface area contributed by atoms with Gasteiger partial charge in [0.1, 0.15) is 0 Å². The van der Waals surface area contributed by atoms with E-state index in [9.17, 15) is 39.5 Å². The van der Waals surface area contributed by atoms with Gasteiger partial charge in [0.05, 0.1) is 0 Å². The molecule has 0 aliphatic carbocycles. The lowest BCUT2D eigenvalue weighted by Crippen LogP contribution is -2.29. The number of anilines is 1. The van der Waals surface area contributed by atoms with Gasteiger partial charge < -0.3 is 20.2 Å². The highest BCUT2D eigenvalue weighted by molar-refractivity contribution is 5.73. The van der Waals surface area contributed by atoms with Crippen LogP contribution in [-0.2, 0) is 20.9 Å². The van der Waals surface area contributed by atoms with Crippen LogP contribution in [0.15, 0.2) is 43.0 Å². The fraction of sp³-hybridized carbons (Fsp3) is 0.455. The maximum atomic E-state index is 10.6. The third-order valence-electron chi connectivity index (χ3n) is 5.28. The van der Waals surface area contributed by atoms with Crippen molar-refractivity contribution in [3.63, 3.8) is 0 Å². The molecule has 2 aromatic heterocycles. The van der Waals surface area contributed by atoms with Crippen molar-refractivity contribution < 1.29 is 69.2 Å². The smallest absolute Gasteiger partial charge is 0.475 e. The number of hydrogen-bond acceptors (Lipinski definition) is 8. The average Bonchev–Trinajstić information content (AvgIpc) is 3.43. The topological polar surface area (TPSA) is 157 Å². The van der Waals surface area contributed by atoms with E-state index in [0.717, 1.165) is 37.4 Å². The number of carboxylic acid groups (broad SMARTS) is 3. The van der Waals surface area contributed by atoms with Crippen molar-refractivity contribution in [3.8, 4) is 0 Å². The molecule has 234 valence electrons. The summed E-state index contributed by atoms with van der Waals surface area (Å²) in [6.45, 7) is 5.56. The number of halogens is 9. The normalized spacial score (nSPS) is 18.3. The highest BCUT2D eigenvalue weighted by atomic mass is 19.4. The second-order valence-electron chi connectivity index (χ2n) is 8.43. The van der Waals surface area contributed by atoms with Crippen LogP contribution >= 0.6 is 0 Å². The Kier molecular flexibility index (Phi) is 12.9. The first-order valence-corrected chi connectivity index (χ1v) is 11.2. The number of alkyl halides is 9. The number of fused-ring (bicyclic) bond motifs is 1. The number of aromatic nitrogens is 3. The monoisotopic (exact) mass is 623 g/mol. The van der Waals surface area contributed by atoms with Gasteiger partial charge in [-0.1, -0.05) is 0 Å². The molecule has 4 rings (SSSR count). The zero-order chi connectivity index (χ0) is 32.3. The fourth-order valence-electron chi connectivity index (χ4n) is 3.58. The lowest BCUT2D eigenvalue weighted by Gasteiger charge is -2.21. The molecule has 0 saturated carbocycles. The Morgan fingerprint density at radius 3 is 1.38 bits per heavy atom. The molecule has 42 heavy (non-hydrogen) atoms. The van der Waals surface area contributed by atoms with Crippen LogP contribution in [-0.4, -0.2) is 97.8 Å². The number of likely N-dealkylation sites (tertiary alicyclic amines) is 1. The molecule has 0 bridgehead atoms. The quantitative estimate of drug-likeness (QED) is 0.431. The zero-order valence-corrected chi connectivity index (χ0v) is 20.9. The summed E-state index contributed by atoms with van der Waals surface area (Å²) in [5.41, 5.74) is 1.35. The van der Waals surface area contributed by atoms with Gasteiger partial charge in [0, 0.05) is 57.5 Å². The minimum Gasteiger partial charge on any atom is -0.475 e. The van der Waals surface area contributed by atoms with Crippen LogP contribution < -0.4 is 4.90 Å². The summed E-state index contributed by atoms with van der Waals surface area (Å²) in [6.07, 6.45) is -7.85. The standard InChI is InChI=1S/C16H19N5.3C2HF3O2/c1-4-18-16(19-5-1)21-11-14-9-20(10-15(14)12-21)8-13-2-6-17-7-3-13;3*3-2(4,5)1(6)7/h1-7,14-15H,8-12H2;3*(H,6,7)/t14-,15+;;;. The number of carboxylic acids is 3. The van der Waals surface area contributed by atoms with Crippen molar-refractivity contribution in [1.82, 2.24) is 19.9 Å². The van der Waals surface area contributed by atoms with Crippen LogP contribution in [0.5, 0.6) is 0 Å². The van der Waals surface area contributed by atoms with Gasteiger partial charge in [-0.25, -0.2) is 24.4 Å². The highest BCUT2D eigenvalue weighted by Gasteiger charge is 2.41. The van der Waals surface area contributed by atoms with E-state index >= 15 is 0 Å².